The van der Waals surface area contributed by atoms with Gasteiger partial charge in [0.15, 0.2) is 0 Å². The maximum absolute atomic E-state index is 13.5. The second kappa shape index (κ2) is 5.89. The van der Waals surface area contributed by atoms with Gasteiger partial charge < -0.3 is 5.73 Å². The fourth-order valence-electron chi connectivity index (χ4n) is 1.43. The average molecular weight is 308 g/mol. The van der Waals surface area contributed by atoms with E-state index < -0.39 is 26.6 Å². The molecule has 1 rings (SSSR count). The molecule has 19 heavy (non-hydrogen) atoms. The molecular formula is C11H14F2N2O2S2. The molecule has 1 unspecified atom stereocenters. The van der Waals surface area contributed by atoms with E-state index in [2.05, 4.69) is 0 Å². The number of hydrogen-bond donors (Lipinski definition) is 1. The topological polar surface area (TPSA) is 63.4 Å². The number of nitrogens with two attached hydrogens (primary N) is 1. The van der Waals surface area contributed by atoms with Crippen molar-refractivity contribution in [3.63, 3.8) is 0 Å². The quantitative estimate of drug-likeness (QED) is 0.838. The van der Waals surface area contributed by atoms with Gasteiger partial charge in [-0.25, -0.2) is 21.5 Å². The molecule has 0 aliphatic rings. The summed E-state index contributed by atoms with van der Waals surface area (Å²) in [5, 5.41) is 0. The van der Waals surface area contributed by atoms with Gasteiger partial charge in [-0.05, 0) is 12.1 Å². The SMILES string of the molecule is CC(CN(C)S(=O)(=O)c1ccc(F)cc1F)C(N)=S. The van der Waals surface area contributed by atoms with Crippen molar-refractivity contribution < 1.29 is 17.2 Å². The fraction of sp³-hybridized carbons (Fsp3) is 0.364. The maximum Gasteiger partial charge on any atom is 0.245 e. The zero-order chi connectivity index (χ0) is 14.8. The van der Waals surface area contributed by atoms with Crippen LogP contribution in [0.25, 0.3) is 0 Å². The normalized spacial score (nSPS) is 13.5. The summed E-state index contributed by atoms with van der Waals surface area (Å²) in [6.45, 7) is 1.68. The van der Waals surface area contributed by atoms with Crippen LogP contribution in [0.3, 0.4) is 0 Å². The number of sulfonamides is 1. The molecule has 0 aromatic heterocycles. The van der Waals surface area contributed by atoms with Crippen molar-refractivity contribution in [2.75, 3.05) is 13.6 Å². The van der Waals surface area contributed by atoms with Gasteiger partial charge in [0.25, 0.3) is 0 Å². The predicted octanol–water partition coefficient (Wildman–Crippen LogP) is 1.51. The molecule has 0 aliphatic heterocycles. The van der Waals surface area contributed by atoms with Crippen molar-refractivity contribution in [1.29, 1.82) is 0 Å². The van der Waals surface area contributed by atoms with Crippen LogP contribution in [0.15, 0.2) is 23.1 Å². The van der Waals surface area contributed by atoms with E-state index in [9.17, 15) is 17.2 Å². The Morgan fingerprint density at radius 2 is 2.05 bits per heavy atom. The third-order valence-electron chi connectivity index (χ3n) is 2.60. The molecule has 1 atom stereocenters. The first-order valence-electron chi connectivity index (χ1n) is 5.37. The van der Waals surface area contributed by atoms with Crippen molar-refractivity contribution in [2.45, 2.75) is 11.8 Å². The second-order valence-corrected chi connectivity index (χ2v) is 6.65. The monoisotopic (exact) mass is 308 g/mol. The lowest BCUT2D eigenvalue weighted by Gasteiger charge is -2.20. The Labute approximate surface area is 116 Å². The molecule has 8 heteroatoms. The third-order valence-corrected chi connectivity index (χ3v) is 4.86. The summed E-state index contributed by atoms with van der Waals surface area (Å²) in [5.41, 5.74) is 5.40. The van der Waals surface area contributed by atoms with Crippen LogP contribution in [0.1, 0.15) is 6.92 Å². The number of hydrogen-bond acceptors (Lipinski definition) is 3. The molecule has 0 bridgehead atoms. The Morgan fingerprint density at radius 1 is 1.47 bits per heavy atom. The number of halogens is 2. The fourth-order valence-corrected chi connectivity index (χ4v) is 2.80. The minimum Gasteiger partial charge on any atom is -0.393 e. The van der Waals surface area contributed by atoms with Gasteiger partial charge in [-0.1, -0.05) is 19.1 Å². The van der Waals surface area contributed by atoms with Crippen molar-refractivity contribution in [2.24, 2.45) is 11.7 Å². The summed E-state index contributed by atoms with van der Waals surface area (Å²) >= 11 is 4.75. The van der Waals surface area contributed by atoms with Crippen LogP contribution >= 0.6 is 12.2 Å². The number of benzene rings is 1. The molecule has 0 spiro atoms. The highest BCUT2D eigenvalue weighted by atomic mass is 32.2. The van der Waals surface area contributed by atoms with Crippen LogP contribution in [0.2, 0.25) is 0 Å². The van der Waals surface area contributed by atoms with E-state index in [1.807, 2.05) is 0 Å². The lowest BCUT2D eigenvalue weighted by Crippen LogP contribution is -2.35. The minimum atomic E-state index is -4.04. The Morgan fingerprint density at radius 3 is 2.53 bits per heavy atom. The van der Waals surface area contributed by atoms with Gasteiger partial charge in [0.1, 0.15) is 16.5 Å². The molecule has 2 N–H and O–H groups in total. The molecule has 1 aromatic carbocycles. The highest BCUT2D eigenvalue weighted by Gasteiger charge is 2.26. The van der Waals surface area contributed by atoms with Crippen molar-refractivity contribution in [3.05, 3.63) is 29.8 Å². The molecule has 1 aromatic rings. The summed E-state index contributed by atoms with van der Waals surface area (Å²) in [6, 6.07) is 2.31. The highest BCUT2D eigenvalue weighted by Crippen LogP contribution is 2.20. The van der Waals surface area contributed by atoms with Crippen molar-refractivity contribution in [3.8, 4) is 0 Å². The number of nitrogens with zero attached hydrogens (tertiary/aromatic N) is 1. The zero-order valence-corrected chi connectivity index (χ0v) is 12.1. The molecule has 4 nitrogen and oxygen atoms in total. The lowest BCUT2D eigenvalue weighted by molar-refractivity contribution is 0.439. The largest absolute Gasteiger partial charge is 0.393 e. The van der Waals surface area contributed by atoms with E-state index >= 15 is 0 Å². The van der Waals surface area contributed by atoms with E-state index in [1.54, 1.807) is 6.92 Å². The molecular weight excluding hydrogens is 294 g/mol. The van der Waals surface area contributed by atoms with Crippen molar-refractivity contribution >= 4 is 27.2 Å². The average Bonchev–Trinajstić information content (AvgIpc) is 2.27. The lowest BCUT2D eigenvalue weighted by atomic mass is 10.2. The van der Waals surface area contributed by atoms with E-state index in [0.29, 0.717) is 6.07 Å². The molecule has 106 valence electrons. The highest BCUT2D eigenvalue weighted by molar-refractivity contribution is 7.89. The van der Waals surface area contributed by atoms with Crippen molar-refractivity contribution in [1.82, 2.24) is 4.31 Å². The van der Waals surface area contributed by atoms with Gasteiger partial charge in [0.05, 0.1) is 4.99 Å². The molecule has 0 saturated carbocycles. The summed E-state index contributed by atoms with van der Waals surface area (Å²) in [5.74, 6) is -2.32. The summed E-state index contributed by atoms with van der Waals surface area (Å²) in [6.07, 6.45) is 0. The van der Waals surface area contributed by atoms with Gasteiger partial charge in [-0.3, -0.25) is 0 Å². The predicted molar refractivity (Wildman–Crippen MR) is 72.1 cm³/mol. The smallest absolute Gasteiger partial charge is 0.245 e. The van der Waals surface area contributed by atoms with Gasteiger partial charge >= 0.3 is 0 Å². The molecule has 0 amide bonds. The summed E-state index contributed by atoms with van der Waals surface area (Å²) < 4.78 is 51.4. The molecule has 0 heterocycles. The Hall–Kier alpha value is -1.12. The Balaban J connectivity index is 3.06. The van der Waals surface area contributed by atoms with E-state index in [0.717, 1.165) is 16.4 Å². The maximum atomic E-state index is 13.5. The standard InChI is InChI=1S/C11H14F2N2O2S2/c1-7(11(14)18)6-15(2)19(16,17)10-4-3-8(12)5-9(10)13/h3-5,7H,6H2,1-2H3,(H2,14,18). The van der Waals surface area contributed by atoms with Crippen LogP contribution in [-0.4, -0.2) is 31.3 Å². The number of rotatable bonds is 5. The van der Waals surface area contributed by atoms with Crippen LogP contribution in [0.5, 0.6) is 0 Å². The molecule has 0 saturated heterocycles. The van der Waals surface area contributed by atoms with Gasteiger partial charge in [-0.15, -0.1) is 0 Å². The van der Waals surface area contributed by atoms with Gasteiger partial charge in [0.2, 0.25) is 10.0 Å². The third kappa shape index (κ3) is 3.68. The minimum absolute atomic E-state index is 0.0223. The van der Waals surface area contributed by atoms with Crippen LogP contribution in [0, 0.1) is 17.6 Å². The van der Waals surface area contributed by atoms with Crippen LogP contribution < -0.4 is 5.73 Å². The Bertz CT molecular complexity index is 590. The number of thiocarbonyl (C=S) groups is 1. The van der Waals surface area contributed by atoms with Gasteiger partial charge in [0, 0.05) is 25.6 Å². The van der Waals surface area contributed by atoms with E-state index in [4.69, 9.17) is 18.0 Å². The van der Waals surface area contributed by atoms with Gasteiger partial charge in [-0.2, -0.15) is 0 Å². The molecule has 0 aliphatic carbocycles. The zero-order valence-electron chi connectivity index (χ0n) is 10.4. The van der Waals surface area contributed by atoms with E-state index in [-0.39, 0.29) is 17.5 Å². The Kier molecular flexibility index (Phi) is 4.94. The van der Waals surface area contributed by atoms with Crippen LogP contribution in [-0.2, 0) is 10.0 Å². The van der Waals surface area contributed by atoms with Crippen LogP contribution in [0.4, 0.5) is 8.78 Å². The van der Waals surface area contributed by atoms with E-state index in [1.165, 1.54) is 7.05 Å². The second-order valence-electron chi connectivity index (χ2n) is 4.16. The first-order valence-corrected chi connectivity index (χ1v) is 7.21. The molecule has 0 fully saturated rings. The first-order chi connectivity index (χ1) is 8.66. The molecule has 0 radical (unpaired) electrons. The first kappa shape index (κ1) is 15.9. The summed E-state index contributed by atoms with van der Waals surface area (Å²) in [4.78, 5) is -0.409. The summed E-state index contributed by atoms with van der Waals surface area (Å²) in [7, 11) is -2.75.